The van der Waals surface area contributed by atoms with Gasteiger partial charge in [0.2, 0.25) is 0 Å². The molecule has 0 aromatic heterocycles. The Balaban J connectivity index is 1.87. The Kier molecular flexibility index (Phi) is 3.39. The van der Waals surface area contributed by atoms with Crippen molar-refractivity contribution >= 4 is 5.78 Å². The molecule has 2 heteroatoms. The minimum Gasteiger partial charge on any atom is -0.303 e. The van der Waals surface area contributed by atoms with Gasteiger partial charge in [-0.3, -0.25) is 4.79 Å². The van der Waals surface area contributed by atoms with Crippen LogP contribution in [-0.2, 0) is 0 Å². The van der Waals surface area contributed by atoms with Crippen molar-refractivity contribution in [2.24, 2.45) is 0 Å². The average Bonchev–Trinajstić information content (AvgIpc) is 3.09. The summed E-state index contributed by atoms with van der Waals surface area (Å²) in [5.41, 5.74) is 2.01. The van der Waals surface area contributed by atoms with E-state index in [4.69, 9.17) is 0 Å². The van der Waals surface area contributed by atoms with Crippen LogP contribution in [0.3, 0.4) is 0 Å². The summed E-state index contributed by atoms with van der Waals surface area (Å²) in [5, 5.41) is 0. The van der Waals surface area contributed by atoms with Crippen molar-refractivity contribution in [1.82, 2.24) is 4.90 Å². The molecule has 0 unspecified atom stereocenters. The molecule has 1 aliphatic carbocycles. The maximum absolute atomic E-state index is 11.9. The van der Waals surface area contributed by atoms with Gasteiger partial charge in [-0.15, -0.1) is 0 Å². The van der Waals surface area contributed by atoms with Gasteiger partial charge in [-0.1, -0.05) is 23.8 Å². The summed E-state index contributed by atoms with van der Waals surface area (Å²) in [5.74, 6) is 0.260. The molecule has 1 aromatic carbocycles. The Morgan fingerprint density at radius 2 is 2.19 bits per heavy atom. The van der Waals surface area contributed by atoms with Crippen LogP contribution in [0.15, 0.2) is 24.3 Å². The summed E-state index contributed by atoms with van der Waals surface area (Å²) in [6.45, 7) is 2.91. The van der Waals surface area contributed by atoms with Crippen molar-refractivity contribution < 1.29 is 4.79 Å². The van der Waals surface area contributed by atoms with E-state index in [1.165, 1.54) is 12.8 Å². The molecule has 2 rings (SSSR count). The summed E-state index contributed by atoms with van der Waals surface area (Å²) >= 11 is 0. The lowest BCUT2D eigenvalue weighted by Crippen LogP contribution is -2.23. The zero-order valence-electron chi connectivity index (χ0n) is 10.1. The van der Waals surface area contributed by atoms with Gasteiger partial charge >= 0.3 is 0 Å². The van der Waals surface area contributed by atoms with Crippen LogP contribution in [0, 0.1) is 6.92 Å². The Morgan fingerprint density at radius 1 is 1.44 bits per heavy atom. The second-order valence-electron chi connectivity index (χ2n) is 4.75. The van der Waals surface area contributed by atoms with Gasteiger partial charge in [-0.05, 0) is 32.9 Å². The highest BCUT2D eigenvalue weighted by Gasteiger charge is 2.25. The molecule has 1 aromatic rings. The third kappa shape index (κ3) is 2.92. The molecule has 1 fully saturated rings. The van der Waals surface area contributed by atoms with Crippen molar-refractivity contribution in [2.75, 3.05) is 13.6 Å². The van der Waals surface area contributed by atoms with Crippen molar-refractivity contribution in [1.29, 1.82) is 0 Å². The minimum absolute atomic E-state index is 0.260. The van der Waals surface area contributed by atoms with Crippen molar-refractivity contribution in [3.63, 3.8) is 0 Å². The Labute approximate surface area is 97.3 Å². The summed E-state index contributed by atoms with van der Waals surface area (Å²) in [6, 6.07) is 8.59. The molecule has 0 saturated heterocycles. The van der Waals surface area contributed by atoms with Gasteiger partial charge in [-0.25, -0.2) is 0 Å². The number of carbonyl (C=O) groups is 1. The highest BCUT2D eigenvalue weighted by molar-refractivity contribution is 5.96. The highest BCUT2D eigenvalue weighted by Crippen LogP contribution is 2.25. The van der Waals surface area contributed by atoms with Gasteiger partial charge < -0.3 is 4.90 Å². The van der Waals surface area contributed by atoms with Gasteiger partial charge in [0.15, 0.2) is 5.78 Å². The predicted octanol–water partition coefficient (Wildman–Crippen LogP) is 2.66. The smallest absolute Gasteiger partial charge is 0.164 e. The summed E-state index contributed by atoms with van der Waals surface area (Å²) in [7, 11) is 2.11. The zero-order valence-corrected chi connectivity index (χ0v) is 10.1. The molecule has 0 bridgehead atoms. The lowest BCUT2D eigenvalue weighted by Gasteiger charge is -2.14. The third-order valence-electron chi connectivity index (χ3n) is 3.20. The zero-order chi connectivity index (χ0) is 11.5. The van der Waals surface area contributed by atoms with Crippen LogP contribution in [0.2, 0.25) is 0 Å². The monoisotopic (exact) mass is 217 g/mol. The fourth-order valence-electron chi connectivity index (χ4n) is 1.94. The van der Waals surface area contributed by atoms with Gasteiger partial charge in [0.25, 0.3) is 0 Å². The van der Waals surface area contributed by atoms with Gasteiger partial charge in [0.1, 0.15) is 0 Å². The SMILES string of the molecule is Cc1cccc(C(=O)CCN(C)C2CC2)c1. The predicted molar refractivity (Wildman–Crippen MR) is 65.8 cm³/mol. The third-order valence-corrected chi connectivity index (χ3v) is 3.20. The first-order chi connectivity index (χ1) is 7.66. The molecule has 86 valence electrons. The molecule has 1 aliphatic rings. The van der Waals surface area contributed by atoms with E-state index in [0.29, 0.717) is 6.42 Å². The summed E-state index contributed by atoms with van der Waals surface area (Å²) < 4.78 is 0. The molecule has 0 spiro atoms. The van der Waals surface area contributed by atoms with E-state index in [-0.39, 0.29) is 5.78 Å². The first-order valence-corrected chi connectivity index (χ1v) is 5.97. The molecule has 0 heterocycles. The summed E-state index contributed by atoms with van der Waals surface area (Å²) in [6.07, 6.45) is 3.24. The highest BCUT2D eigenvalue weighted by atomic mass is 16.1. The van der Waals surface area contributed by atoms with Crippen LogP contribution in [0.5, 0.6) is 0 Å². The number of aryl methyl sites for hydroxylation is 1. The molecule has 0 amide bonds. The first-order valence-electron chi connectivity index (χ1n) is 5.97. The Hall–Kier alpha value is -1.15. The van der Waals surface area contributed by atoms with Gasteiger partial charge in [0.05, 0.1) is 0 Å². The van der Waals surface area contributed by atoms with Crippen LogP contribution in [-0.4, -0.2) is 30.3 Å². The van der Waals surface area contributed by atoms with E-state index in [2.05, 4.69) is 11.9 Å². The van der Waals surface area contributed by atoms with Crippen LogP contribution >= 0.6 is 0 Å². The molecule has 1 saturated carbocycles. The Bertz CT molecular complexity index is 382. The number of rotatable bonds is 5. The lowest BCUT2D eigenvalue weighted by atomic mass is 10.1. The van der Waals surface area contributed by atoms with E-state index in [0.717, 1.165) is 23.7 Å². The molecule has 0 radical (unpaired) electrons. The van der Waals surface area contributed by atoms with Crippen molar-refractivity contribution in [3.8, 4) is 0 Å². The fraction of sp³-hybridized carbons (Fsp3) is 0.500. The second-order valence-corrected chi connectivity index (χ2v) is 4.75. The number of Topliss-reactive ketones (excluding diaryl/α,β-unsaturated/α-hetero) is 1. The number of benzene rings is 1. The number of hydrogen-bond acceptors (Lipinski definition) is 2. The first kappa shape index (κ1) is 11.3. The van der Waals surface area contributed by atoms with Gasteiger partial charge in [0, 0.05) is 24.6 Å². The number of ketones is 1. The molecule has 0 aliphatic heterocycles. The van der Waals surface area contributed by atoms with Crippen molar-refractivity contribution in [3.05, 3.63) is 35.4 Å². The van der Waals surface area contributed by atoms with E-state index < -0.39 is 0 Å². The molecule has 0 N–H and O–H groups in total. The standard InChI is InChI=1S/C14H19NO/c1-11-4-3-5-12(10-11)14(16)8-9-15(2)13-6-7-13/h3-5,10,13H,6-9H2,1-2H3. The van der Waals surface area contributed by atoms with E-state index in [1.807, 2.05) is 31.2 Å². The second kappa shape index (κ2) is 4.79. The van der Waals surface area contributed by atoms with E-state index >= 15 is 0 Å². The van der Waals surface area contributed by atoms with E-state index in [9.17, 15) is 4.79 Å². The maximum Gasteiger partial charge on any atom is 0.164 e. The fourth-order valence-corrected chi connectivity index (χ4v) is 1.94. The maximum atomic E-state index is 11.9. The average molecular weight is 217 g/mol. The number of carbonyl (C=O) groups excluding carboxylic acids is 1. The Morgan fingerprint density at radius 3 is 2.81 bits per heavy atom. The largest absolute Gasteiger partial charge is 0.303 e. The van der Waals surface area contributed by atoms with Crippen LogP contribution in [0.25, 0.3) is 0 Å². The van der Waals surface area contributed by atoms with Gasteiger partial charge in [-0.2, -0.15) is 0 Å². The number of nitrogens with zero attached hydrogens (tertiary/aromatic N) is 1. The molecule has 0 atom stereocenters. The lowest BCUT2D eigenvalue weighted by molar-refractivity contribution is 0.0968. The van der Waals surface area contributed by atoms with Crippen LogP contribution in [0.1, 0.15) is 35.2 Å². The van der Waals surface area contributed by atoms with Crippen LogP contribution in [0.4, 0.5) is 0 Å². The minimum atomic E-state index is 0.260. The molecular weight excluding hydrogens is 198 g/mol. The quantitative estimate of drug-likeness (QED) is 0.707. The molecular formula is C14H19NO. The number of hydrogen-bond donors (Lipinski definition) is 0. The summed E-state index contributed by atoms with van der Waals surface area (Å²) in [4.78, 5) is 14.2. The van der Waals surface area contributed by atoms with E-state index in [1.54, 1.807) is 0 Å². The normalized spacial score (nSPS) is 15.4. The topological polar surface area (TPSA) is 20.3 Å². The van der Waals surface area contributed by atoms with Crippen LogP contribution < -0.4 is 0 Å². The van der Waals surface area contributed by atoms with Crippen molar-refractivity contribution in [2.45, 2.75) is 32.2 Å². The molecule has 16 heavy (non-hydrogen) atoms. The molecule has 2 nitrogen and oxygen atoms in total.